The van der Waals surface area contributed by atoms with Crippen molar-refractivity contribution < 1.29 is 18.0 Å². The van der Waals surface area contributed by atoms with E-state index in [4.69, 9.17) is 11.6 Å². The Balaban J connectivity index is 1.55. The maximum atomic E-state index is 12.1. The molecule has 1 aliphatic rings. The average molecular weight is 408 g/mol. The van der Waals surface area contributed by atoms with Crippen molar-refractivity contribution in [2.45, 2.75) is 12.8 Å². The molecule has 0 atom stereocenters. The van der Waals surface area contributed by atoms with Gasteiger partial charge in [-0.25, -0.2) is 8.42 Å². The van der Waals surface area contributed by atoms with E-state index in [9.17, 15) is 18.0 Å². The fourth-order valence-electron chi connectivity index (χ4n) is 2.74. The number of benzene rings is 2. The summed E-state index contributed by atoms with van der Waals surface area (Å²) in [4.78, 5) is 24.0. The first-order chi connectivity index (χ1) is 12.8. The van der Waals surface area contributed by atoms with Crippen molar-refractivity contribution in [2.24, 2.45) is 0 Å². The minimum Gasteiger partial charge on any atom is -0.273 e. The number of anilines is 1. The lowest BCUT2D eigenvalue weighted by Gasteiger charge is -2.17. The van der Waals surface area contributed by atoms with E-state index in [-0.39, 0.29) is 18.1 Å². The molecule has 2 aromatic rings. The Kier molecular flexibility index (Phi) is 5.67. The smallest absolute Gasteiger partial charge is 0.269 e. The van der Waals surface area contributed by atoms with Gasteiger partial charge in [-0.15, -0.1) is 0 Å². The minimum atomic E-state index is -3.26. The number of hydrogen-bond donors (Lipinski definition) is 2. The number of halogens is 1. The summed E-state index contributed by atoms with van der Waals surface area (Å²) in [5.41, 5.74) is 6.29. The fraction of sp³-hybridized carbons (Fsp3) is 0.222. The molecule has 2 amide bonds. The normalized spacial score (nSPS) is 15.4. The van der Waals surface area contributed by atoms with Crippen LogP contribution in [-0.2, 0) is 21.2 Å². The van der Waals surface area contributed by atoms with Gasteiger partial charge in [0.15, 0.2) is 0 Å². The molecule has 0 unspecified atom stereocenters. The summed E-state index contributed by atoms with van der Waals surface area (Å²) >= 11 is 5.79. The van der Waals surface area contributed by atoms with E-state index in [1.807, 2.05) is 0 Å². The third-order valence-electron chi connectivity index (χ3n) is 4.11. The summed E-state index contributed by atoms with van der Waals surface area (Å²) in [6.07, 6.45) is 0.688. The highest BCUT2D eigenvalue weighted by atomic mass is 35.5. The lowest BCUT2D eigenvalue weighted by Crippen LogP contribution is -2.42. The minimum absolute atomic E-state index is 0.100. The summed E-state index contributed by atoms with van der Waals surface area (Å²) < 4.78 is 25.2. The van der Waals surface area contributed by atoms with Crippen LogP contribution in [0.5, 0.6) is 0 Å². The number of sulfonamides is 1. The third kappa shape index (κ3) is 4.78. The first-order valence-corrected chi connectivity index (χ1v) is 10.3. The highest BCUT2D eigenvalue weighted by Crippen LogP contribution is 2.24. The Morgan fingerprint density at radius 2 is 1.67 bits per heavy atom. The predicted octanol–water partition coefficient (Wildman–Crippen LogP) is 1.88. The van der Waals surface area contributed by atoms with E-state index in [0.717, 1.165) is 5.56 Å². The van der Waals surface area contributed by atoms with Crippen molar-refractivity contribution in [3.8, 4) is 0 Å². The maximum absolute atomic E-state index is 12.1. The van der Waals surface area contributed by atoms with Gasteiger partial charge in [0.2, 0.25) is 15.9 Å². The third-order valence-corrected chi connectivity index (χ3v) is 6.23. The first-order valence-electron chi connectivity index (χ1n) is 8.29. The van der Waals surface area contributed by atoms with Crippen LogP contribution in [-0.4, -0.2) is 32.5 Å². The number of amides is 2. The van der Waals surface area contributed by atoms with Crippen molar-refractivity contribution in [2.75, 3.05) is 16.6 Å². The summed E-state index contributed by atoms with van der Waals surface area (Å²) in [5.74, 6) is -0.727. The van der Waals surface area contributed by atoms with Gasteiger partial charge in [0.05, 0.1) is 17.9 Å². The summed E-state index contributed by atoms with van der Waals surface area (Å²) in [5, 5.41) is 0.581. The second-order valence-corrected chi connectivity index (χ2v) is 8.54. The van der Waals surface area contributed by atoms with Crippen LogP contribution in [0.25, 0.3) is 0 Å². The van der Waals surface area contributed by atoms with E-state index >= 15 is 0 Å². The Hall–Kier alpha value is -2.58. The maximum Gasteiger partial charge on any atom is 0.269 e. The topological polar surface area (TPSA) is 95.6 Å². The molecule has 2 aromatic carbocycles. The molecule has 0 spiro atoms. The standard InChI is InChI=1S/C18H18ClN3O4S/c19-15-6-2-13(3-7-15)12-17(23)20-21-18(24)14-4-8-16(9-5-14)22-10-1-11-27(22,25)26/h2-9H,1,10-12H2,(H,20,23)(H,21,24). The fourth-order valence-corrected chi connectivity index (χ4v) is 4.43. The largest absolute Gasteiger partial charge is 0.273 e. The monoisotopic (exact) mass is 407 g/mol. The van der Waals surface area contributed by atoms with Crippen LogP contribution < -0.4 is 15.2 Å². The zero-order valence-electron chi connectivity index (χ0n) is 14.3. The average Bonchev–Trinajstić information content (AvgIpc) is 3.01. The van der Waals surface area contributed by atoms with Crippen molar-refractivity contribution >= 4 is 39.1 Å². The summed E-state index contributed by atoms with van der Waals surface area (Å²) in [7, 11) is -3.26. The van der Waals surface area contributed by atoms with Crippen LogP contribution in [0.3, 0.4) is 0 Å². The van der Waals surface area contributed by atoms with Crippen molar-refractivity contribution in [1.82, 2.24) is 10.9 Å². The second-order valence-electron chi connectivity index (χ2n) is 6.09. The molecule has 0 radical (unpaired) electrons. The van der Waals surface area contributed by atoms with Crippen LogP contribution in [0.4, 0.5) is 5.69 Å². The number of carbonyl (C=O) groups excluding carboxylic acids is 2. The molecule has 7 nitrogen and oxygen atoms in total. The molecule has 3 rings (SSSR count). The molecule has 1 saturated heterocycles. The van der Waals surface area contributed by atoms with E-state index < -0.39 is 15.9 Å². The zero-order valence-corrected chi connectivity index (χ0v) is 15.9. The first kappa shape index (κ1) is 19.2. The molecule has 2 N–H and O–H groups in total. The van der Waals surface area contributed by atoms with Gasteiger partial charge in [-0.05, 0) is 48.4 Å². The van der Waals surface area contributed by atoms with Crippen LogP contribution in [0, 0.1) is 0 Å². The number of carbonyl (C=O) groups is 2. The molecular formula is C18H18ClN3O4S. The number of nitrogens with one attached hydrogen (secondary N) is 2. The van der Waals surface area contributed by atoms with Crippen LogP contribution in [0.1, 0.15) is 22.3 Å². The molecule has 0 bridgehead atoms. The molecule has 0 saturated carbocycles. The number of rotatable bonds is 4. The lowest BCUT2D eigenvalue weighted by molar-refractivity contribution is -0.121. The van der Waals surface area contributed by atoms with E-state index in [1.165, 1.54) is 16.4 Å². The molecule has 0 aliphatic carbocycles. The van der Waals surface area contributed by atoms with Crippen molar-refractivity contribution in [3.63, 3.8) is 0 Å². The van der Waals surface area contributed by atoms with Gasteiger partial charge >= 0.3 is 0 Å². The van der Waals surface area contributed by atoms with Gasteiger partial charge in [0.25, 0.3) is 5.91 Å². The Bertz CT molecular complexity index is 944. The quantitative estimate of drug-likeness (QED) is 0.756. The van der Waals surface area contributed by atoms with Crippen LogP contribution in [0.15, 0.2) is 48.5 Å². The molecule has 1 fully saturated rings. The highest BCUT2D eigenvalue weighted by molar-refractivity contribution is 7.93. The van der Waals surface area contributed by atoms with Crippen LogP contribution >= 0.6 is 11.6 Å². The molecular weight excluding hydrogens is 390 g/mol. The van der Waals surface area contributed by atoms with E-state index in [1.54, 1.807) is 36.4 Å². The van der Waals surface area contributed by atoms with Gasteiger partial charge in [-0.3, -0.25) is 24.7 Å². The van der Waals surface area contributed by atoms with Crippen molar-refractivity contribution in [1.29, 1.82) is 0 Å². The molecule has 0 aromatic heterocycles. The van der Waals surface area contributed by atoms with Gasteiger partial charge in [-0.1, -0.05) is 23.7 Å². The highest BCUT2D eigenvalue weighted by Gasteiger charge is 2.28. The Morgan fingerprint density at radius 1 is 1.00 bits per heavy atom. The predicted molar refractivity (Wildman–Crippen MR) is 103 cm³/mol. The number of hydrogen-bond acceptors (Lipinski definition) is 4. The molecule has 1 heterocycles. The molecule has 142 valence electrons. The zero-order chi connectivity index (χ0) is 19.4. The van der Waals surface area contributed by atoms with E-state index in [0.29, 0.717) is 29.2 Å². The van der Waals surface area contributed by atoms with Gasteiger partial charge in [-0.2, -0.15) is 0 Å². The second kappa shape index (κ2) is 7.98. The Labute approximate surface area is 162 Å². The number of nitrogens with zero attached hydrogens (tertiary/aromatic N) is 1. The van der Waals surface area contributed by atoms with Gasteiger partial charge in [0.1, 0.15) is 0 Å². The number of hydrazine groups is 1. The lowest BCUT2D eigenvalue weighted by atomic mass is 10.1. The molecule has 1 aliphatic heterocycles. The van der Waals surface area contributed by atoms with Gasteiger partial charge < -0.3 is 0 Å². The SMILES string of the molecule is O=C(Cc1ccc(Cl)cc1)NNC(=O)c1ccc(N2CCCS2(=O)=O)cc1. The van der Waals surface area contributed by atoms with E-state index in [2.05, 4.69) is 10.9 Å². The van der Waals surface area contributed by atoms with Crippen molar-refractivity contribution in [3.05, 3.63) is 64.7 Å². The summed E-state index contributed by atoms with van der Waals surface area (Å²) in [6, 6.07) is 13.0. The molecule has 27 heavy (non-hydrogen) atoms. The molecule has 9 heteroatoms. The summed E-state index contributed by atoms with van der Waals surface area (Å²) in [6.45, 7) is 0.439. The van der Waals surface area contributed by atoms with Gasteiger partial charge in [0, 0.05) is 17.1 Å². The van der Waals surface area contributed by atoms with Crippen LogP contribution in [0.2, 0.25) is 5.02 Å². The Morgan fingerprint density at radius 3 is 2.26 bits per heavy atom.